The average Bonchev–Trinajstić information content (AvgIpc) is 2.67. The second-order valence-electron chi connectivity index (χ2n) is 5.92. The third-order valence-corrected chi connectivity index (χ3v) is 3.94. The zero-order chi connectivity index (χ0) is 20.4. The summed E-state index contributed by atoms with van der Waals surface area (Å²) in [6.07, 6.45) is 3.08. The zero-order valence-electron chi connectivity index (χ0n) is 15.4. The molecule has 0 radical (unpaired) electrons. The molecule has 2 aromatic carbocycles. The van der Waals surface area contributed by atoms with Gasteiger partial charge in [-0.25, -0.2) is 9.82 Å². The van der Waals surface area contributed by atoms with Crippen LogP contribution in [0, 0.1) is 5.82 Å². The van der Waals surface area contributed by atoms with E-state index in [0.717, 1.165) is 12.8 Å². The summed E-state index contributed by atoms with van der Waals surface area (Å²) in [5.74, 6) is -1.47. The lowest BCUT2D eigenvalue weighted by Crippen LogP contribution is -2.38. The molecule has 28 heavy (non-hydrogen) atoms. The Morgan fingerprint density at radius 3 is 2.75 bits per heavy atom. The number of amides is 2. The van der Waals surface area contributed by atoms with Crippen molar-refractivity contribution in [2.45, 2.75) is 26.4 Å². The van der Waals surface area contributed by atoms with Crippen LogP contribution in [0.1, 0.15) is 30.9 Å². The van der Waals surface area contributed by atoms with Gasteiger partial charge in [0.25, 0.3) is 0 Å². The number of rotatable bonds is 8. The van der Waals surface area contributed by atoms with E-state index in [2.05, 4.69) is 15.8 Å². The van der Waals surface area contributed by atoms with Gasteiger partial charge in [0.15, 0.2) is 0 Å². The first-order chi connectivity index (χ1) is 13.5. The molecular weight excluding hydrogens is 385 g/mol. The highest BCUT2D eigenvalue weighted by Crippen LogP contribution is 2.25. The van der Waals surface area contributed by atoms with E-state index in [1.807, 2.05) is 6.92 Å². The van der Waals surface area contributed by atoms with Crippen molar-refractivity contribution in [3.63, 3.8) is 0 Å². The largest absolute Gasteiger partial charge is 0.487 e. The molecule has 0 spiro atoms. The fourth-order valence-electron chi connectivity index (χ4n) is 2.18. The molecule has 2 amide bonds. The molecule has 0 saturated carbocycles. The lowest BCUT2D eigenvalue weighted by molar-refractivity contribution is -0.139. The zero-order valence-corrected chi connectivity index (χ0v) is 16.1. The van der Waals surface area contributed by atoms with Crippen molar-refractivity contribution in [1.29, 1.82) is 0 Å². The Morgan fingerprint density at radius 1 is 1.21 bits per heavy atom. The molecule has 0 heterocycles. The van der Waals surface area contributed by atoms with Crippen LogP contribution >= 0.6 is 11.6 Å². The molecular formula is C20H21ClFN3O3. The fraction of sp³-hybridized carbons (Fsp3) is 0.250. The number of carbonyl (C=O) groups is 2. The van der Waals surface area contributed by atoms with Crippen molar-refractivity contribution in [2.75, 3.05) is 6.54 Å². The third-order valence-electron chi connectivity index (χ3n) is 3.64. The monoisotopic (exact) mass is 405 g/mol. The maximum absolute atomic E-state index is 13.2. The van der Waals surface area contributed by atoms with Gasteiger partial charge in [-0.1, -0.05) is 37.1 Å². The smallest absolute Gasteiger partial charge is 0.329 e. The van der Waals surface area contributed by atoms with Gasteiger partial charge >= 0.3 is 11.8 Å². The highest BCUT2D eigenvalue weighted by Gasteiger charge is 2.11. The van der Waals surface area contributed by atoms with Gasteiger partial charge in [0.05, 0.1) is 11.2 Å². The van der Waals surface area contributed by atoms with Crippen LogP contribution in [0.3, 0.4) is 0 Å². The summed E-state index contributed by atoms with van der Waals surface area (Å²) in [6, 6.07) is 11.0. The molecule has 0 atom stereocenters. The lowest BCUT2D eigenvalue weighted by Gasteiger charge is -2.08. The summed E-state index contributed by atoms with van der Waals surface area (Å²) in [7, 11) is 0. The molecule has 0 bridgehead atoms. The maximum Gasteiger partial charge on any atom is 0.329 e. The van der Waals surface area contributed by atoms with Crippen molar-refractivity contribution in [3.8, 4) is 5.75 Å². The lowest BCUT2D eigenvalue weighted by atomic mass is 10.2. The summed E-state index contributed by atoms with van der Waals surface area (Å²) in [4.78, 5) is 23.1. The number of nitrogens with one attached hydrogen (secondary N) is 2. The summed E-state index contributed by atoms with van der Waals surface area (Å²) in [6.45, 7) is 2.60. The van der Waals surface area contributed by atoms with Crippen molar-refractivity contribution >= 4 is 29.6 Å². The Balaban J connectivity index is 1.86. The molecule has 0 aliphatic rings. The van der Waals surface area contributed by atoms with E-state index in [1.165, 1.54) is 18.3 Å². The number of nitrogens with zero attached hydrogens (tertiary/aromatic N) is 1. The van der Waals surface area contributed by atoms with Crippen molar-refractivity contribution in [2.24, 2.45) is 5.10 Å². The second kappa shape index (κ2) is 11.0. The number of unbranched alkanes of at least 4 members (excludes halogenated alkanes) is 1. The molecule has 0 saturated heterocycles. The molecule has 0 unspecified atom stereocenters. The summed E-state index contributed by atoms with van der Waals surface area (Å²) < 4.78 is 18.8. The fourth-order valence-corrected chi connectivity index (χ4v) is 2.42. The molecule has 0 aliphatic carbocycles. The topological polar surface area (TPSA) is 79.8 Å². The minimum Gasteiger partial charge on any atom is -0.487 e. The Kier molecular flexibility index (Phi) is 8.42. The minimum absolute atomic E-state index is 0.175. The first-order valence-electron chi connectivity index (χ1n) is 8.77. The molecule has 0 aromatic heterocycles. The Bertz CT molecular complexity index is 858. The van der Waals surface area contributed by atoms with Gasteiger partial charge in [-0.05, 0) is 47.9 Å². The maximum atomic E-state index is 13.2. The predicted molar refractivity (Wildman–Crippen MR) is 106 cm³/mol. The molecule has 2 aromatic rings. The van der Waals surface area contributed by atoms with Crippen LogP contribution in [-0.2, 0) is 16.2 Å². The number of hydrogen-bond donors (Lipinski definition) is 2. The Labute approximate surface area is 167 Å². The van der Waals surface area contributed by atoms with E-state index in [0.29, 0.717) is 28.4 Å². The minimum atomic E-state index is -0.839. The van der Waals surface area contributed by atoms with Crippen LogP contribution in [0.25, 0.3) is 0 Å². The van der Waals surface area contributed by atoms with E-state index in [4.69, 9.17) is 16.3 Å². The molecule has 2 rings (SSSR count). The van der Waals surface area contributed by atoms with E-state index >= 15 is 0 Å². The Morgan fingerprint density at radius 2 is 2.04 bits per heavy atom. The Hall–Kier alpha value is -2.93. The first-order valence-corrected chi connectivity index (χ1v) is 9.15. The van der Waals surface area contributed by atoms with Gasteiger partial charge in [0, 0.05) is 6.54 Å². The normalized spacial score (nSPS) is 10.7. The highest BCUT2D eigenvalue weighted by atomic mass is 35.5. The number of hydrogen-bond acceptors (Lipinski definition) is 4. The number of ether oxygens (including phenoxy) is 1. The molecule has 0 fully saturated rings. The van der Waals surface area contributed by atoms with Crippen molar-refractivity contribution < 1.29 is 18.7 Å². The quantitative estimate of drug-likeness (QED) is 0.305. The van der Waals surface area contributed by atoms with Crippen LogP contribution in [-0.4, -0.2) is 24.6 Å². The van der Waals surface area contributed by atoms with Crippen LogP contribution in [0.5, 0.6) is 5.75 Å². The van der Waals surface area contributed by atoms with E-state index < -0.39 is 11.8 Å². The van der Waals surface area contributed by atoms with Crippen molar-refractivity contribution in [1.82, 2.24) is 10.7 Å². The third kappa shape index (κ3) is 7.00. The van der Waals surface area contributed by atoms with Gasteiger partial charge in [0.1, 0.15) is 18.2 Å². The number of halogens is 2. The first kappa shape index (κ1) is 21.4. The molecule has 8 heteroatoms. The molecule has 6 nitrogen and oxygen atoms in total. The average molecular weight is 406 g/mol. The number of benzene rings is 2. The predicted octanol–water partition coefficient (Wildman–Crippen LogP) is 3.42. The van der Waals surface area contributed by atoms with Gasteiger partial charge in [0.2, 0.25) is 0 Å². The summed E-state index contributed by atoms with van der Waals surface area (Å²) in [5, 5.41) is 6.57. The van der Waals surface area contributed by atoms with Crippen LogP contribution in [0.15, 0.2) is 47.6 Å². The highest BCUT2D eigenvalue weighted by molar-refractivity contribution is 6.35. The van der Waals surface area contributed by atoms with Gasteiger partial charge in [-0.2, -0.15) is 5.10 Å². The summed E-state index contributed by atoms with van der Waals surface area (Å²) in [5.41, 5.74) is 3.44. The van der Waals surface area contributed by atoms with Gasteiger partial charge in [-0.3, -0.25) is 9.59 Å². The molecule has 0 aliphatic heterocycles. The van der Waals surface area contributed by atoms with Crippen LogP contribution < -0.4 is 15.5 Å². The van der Waals surface area contributed by atoms with E-state index in [1.54, 1.807) is 30.3 Å². The van der Waals surface area contributed by atoms with Gasteiger partial charge < -0.3 is 10.1 Å². The number of carbonyl (C=O) groups excluding carboxylic acids is 2. The number of hydrazone groups is 1. The van der Waals surface area contributed by atoms with Gasteiger partial charge in [-0.15, -0.1) is 0 Å². The molecule has 2 N–H and O–H groups in total. The van der Waals surface area contributed by atoms with Crippen molar-refractivity contribution in [3.05, 3.63) is 64.4 Å². The second-order valence-corrected chi connectivity index (χ2v) is 6.32. The standard InChI is InChI=1S/C20H21ClFN3O3/c1-2-3-9-23-19(26)20(27)25-24-12-14-7-8-18(17(21)11-14)28-13-15-5-4-6-16(22)10-15/h4-8,10-12H,2-3,9,13H2,1H3,(H,23,26)(H,25,27)/b24-12-. The SMILES string of the molecule is CCCCNC(=O)C(=O)N/N=C\c1ccc(OCc2cccc(F)c2)c(Cl)c1. The summed E-state index contributed by atoms with van der Waals surface area (Å²) >= 11 is 6.18. The van der Waals surface area contributed by atoms with Crippen LogP contribution in [0.4, 0.5) is 4.39 Å². The molecule has 148 valence electrons. The van der Waals surface area contributed by atoms with E-state index in [9.17, 15) is 14.0 Å². The van der Waals surface area contributed by atoms with Crippen LogP contribution in [0.2, 0.25) is 5.02 Å². The van der Waals surface area contributed by atoms with E-state index in [-0.39, 0.29) is 12.4 Å².